The van der Waals surface area contributed by atoms with Crippen molar-refractivity contribution in [3.05, 3.63) is 64.6 Å². The lowest BCUT2D eigenvalue weighted by molar-refractivity contribution is -0.144. The molecule has 6 nitrogen and oxygen atoms in total. The molecule has 0 saturated heterocycles. The number of hydrazone groups is 1. The number of nitrogens with zero attached hydrogens (tertiary/aromatic N) is 2. The molecule has 0 unspecified atom stereocenters. The van der Waals surface area contributed by atoms with Gasteiger partial charge in [0.1, 0.15) is 0 Å². The Balaban J connectivity index is 1.96. The van der Waals surface area contributed by atoms with Gasteiger partial charge in [0.05, 0.1) is 23.2 Å². The molecule has 0 bridgehead atoms. The van der Waals surface area contributed by atoms with E-state index in [-0.39, 0.29) is 12.2 Å². The second-order valence-corrected chi connectivity index (χ2v) is 9.19. The summed E-state index contributed by atoms with van der Waals surface area (Å²) in [4.78, 5) is 38.3. The Morgan fingerprint density at radius 2 is 1.70 bits per heavy atom. The zero-order valence-electron chi connectivity index (χ0n) is 17.0. The van der Waals surface area contributed by atoms with Crippen LogP contribution in [-0.4, -0.2) is 28.5 Å². The Morgan fingerprint density at radius 1 is 1.10 bits per heavy atom. The minimum absolute atomic E-state index is 0.287. The Hall–Kier alpha value is -2.80. The van der Waals surface area contributed by atoms with E-state index in [1.807, 2.05) is 26.8 Å². The van der Waals surface area contributed by atoms with Crippen molar-refractivity contribution in [2.75, 3.05) is 5.01 Å². The lowest BCUT2D eigenvalue weighted by Gasteiger charge is -2.26. The van der Waals surface area contributed by atoms with Crippen molar-refractivity contribution in [1.82, 2.24) is 0 Å². The maximum absolute atomic E-state index is 13.3. The predicted octanol–water partition coefficient (Wildman–Crippen LogP) is 4.79. The normalized spacial score (nSPS) is 17.6. The van der Waals surface area contributed by atoms with Crippen molar-refractivity contribution >= 4 is 45.0 Å². The maximum Gasteiger partial charge on any atom is 0.308 e. The third-order valence-corrected chi connectivity index (χ3v) is 5.57. The number of ketones is 1. The number of hydrogen-bond acceptors (Lipinski definition) is 4. The summed E-state index contributed by atoms with van der Waals surface area (Å²) < 4.78 is 0.820. The lowest BCUT2D eigenvalue weighted by atomic mass is 9.74. The number of para-hydroxylation sites is 1. The number of carbonyl (C=O) groups excluding carboxylic acids is 2. The summed E-state index contributed by atoms with van der Waals surface area (Å²) in [6.45, 7) is 5.65. The van der Waals surface area contributed by atoms with E-state index >= 15 is 0 Å². The molecule has 2 aromatic rings. The summed E-state index contributed by atoms with van der Waals surface area (Å²) in [5.74, 6) is -4.16. The van der Waals surface area contributed by atoms with Gasteiger partial charge >= 0.3 is 5.97 Å². The van der Waals surface area contributed by atoms with Crippen molar-refractivity contribution in [2.24, 2.45) is 22.4 Å². The molecule has 2 aromatic carbocycles. The first-order valence-corrected chi connectivity index (χ1v) is 10.4. The highest BCUT2D eigenvalue weighted by atomic mass is 79.9. The molecule has 0 fully saturated rings. The number of carboxylic acid groups (broad SMARTS) is 1. The van der Waals surface area contributed by atoms with Gasteiger partial charge in [0.15, 0.2) is 5.78 Å². The van der Waals surface area contributed by atoms with Crippen LogP contribution in [0.1, 0.15) is 37.6 Å². The standard InChI is InChI=1S/C23H23BrN2O4/c1-23(2,3)20-19(21(28)26(25-20)16-7-5-4-6-8-16)17(22(29)30)13-18(27)14-9-11-15(24)12-10-14/h4-12,17,19H,13H2,1-3H3,(H,29,30)/t17-,19+/m0/s1. The van der Waals surface area contributed by atoms with E-state index < -0.39 is 29.1 Å². The summed E-state index contributed by atoms with van der Waals surface area (Å²) >= 11 is 3.32. The molecule has 7 heteroatoms. The van der Waals surface area contributed by atoms with Gasteiger partial charge in [0.2, 0.25) is 0 Å². The molecular weight excluding hydrogens is 448 g/mol. The van der Waals surface area contributed by atoms with Crippen LogP contribution in [0.5, 0.6) is 0 Å². The molecule has 0 aliphatic carbocycles. The van der Waals surface area contributed by atoms with E-state index in [1.165, 1.54) is 5.01 Å². The van der Waals surface area contributed by atoms with E-state index in [1.54, 1.807) is 48.5 Å². The second kappa shape index (κ2) is 8.52. The van der Waals surface area contributed by atoms with Crippen LogP contribution in [0.25, 0.3) is 0 Å². The van der Waals surface area contributed by atoms with Gasteiger partial charge in [0, 0.05) is 21.9 Å². The Bertz CT molecular complexity index is 994. The van der Waals surface area contributed by atoms with Crippen molar-refractivity contribution < 1.29 is 19.5 Å². The molecule has 0 aromatic heterocycles. The highest BCUT2D eigenvalue weighted by Crippen LogP contribution is 2.37. The highest BCUT2D eigenvalue weighted by molar-refractivity contribution is 9.10. The molecule has 0 saturated carbocycles. The predicted molar refractivity (Wildman–Crippen MR) is 119 cm³/mol. The van der Waals surface area contributed by atoms with Gasteiger partial charge in [-0.05, 0) is 24.3 Å². The molecule has 2 atom stereocenters. The lowest BCUT2D eigenvalue weighted by Crippen LogP contribution is -2.41. The average molecular weight is 471 g/mol. The third kappa shape index (κ3) is 4.51. The second-order valence-electron chi connectivity index (χ2n) is 8.28. The van der Waals surface area contributed by atoms with Crippen molar-refractivity contribution in [3.8, 4) is 0 Å². The van der Waals surface area contributed by atoms with Gasteiger partial charge in [0.25, 0.3) is 5.91 Å². The van der Waals surface area contributed by atoms with Crippen LogP contribution in [0.15, 0.2) is 64.2 Å². The molecule has 1 amide bonds. The average Bonchev–Trinajstić information content (AvgIpc) is 3.04. The number of anilines is 1. The molecule has 1 aliphatic rings. The Morgan fingerprint density at radius 3 is 2.23 bits per heavy atom. The molecule has 0 radical (unpaired) electrons. The number of hydrogen-bond donors (Lipinski definition) is 1. The summed E-state index contributed by atoms with van der Waals surface area (Å²) in [5, 5.41) is 15.7. The van der Waals surface area contributed by atoms with E-state index in [2.05, 4.69) is 21.0 Å². The van der Waals surface area contributed by atoms with Gasteiger partial charge in [-0.15, -0.1) is 0 Å². The fourth-order valence-corrected chi connectivity index (χ4v) is 3.77. The van der Waals surface area contributed by atoms with Crippen LogP contribution in [0.3, 0.4) is 0 Å². The van der Waals surface area contributed by atoms with E-state index in [9.17, 15) is 19.5 Å². The summed E-state index contributed by atoms with van der Waals surface area (Å²) in [7, 11) is 0. The zero-order valence-corrected chi connectivity index (χ0v) is 18.6. The fourth-order valence-electron chi connectivity index (χ4n) is 3.50. The largest absolute Gasteiger partial charge is 0.481 e. The van der Waals surface area contributed by atoms with Crippen LogP contribution in [0.4, 0.5) is 5.69 Å². The van der Waals surface area contributed by atoms with Crippen LogP contribution < -0.4 is 5.01 Å². The Kier molecular flexibility index (Phi) is 6.22. The first-order chi connectivity index (χ1) is 14.1. The topological polar surface area (TPSA) is 87.0 Å². The quantitative estimate of drug-likeness (QED) is 0.614. The van der Waals surface area contributed by atoms with Gasteiger partial charge in [-0.3, -0.25) is 14.4 Å². The smallest absolute Gasteiger partial charge is 0.308 e. The number of carboxylic acids is 1. The van der Waals surface area contributed by atoms with E-state index in [0.29, 0.717) is 17.0 Å². The van der Waals surface area contributed by atoms with Crippen molar-refractivity contribution in [2.45, 2.75) is 27.2 Å². The SMILES string of the molecule is CC(C)(C)C1=NN(c2ccccc2)C(=O)[C@@H]1[C@H](CC(=O)c1ccc(Br)cc1)C(=O)O. The van der Waals surface area contributed by atoms with Gasteiger partial charge < -0.3 is 5.11 Å². The molecule has 1 heterocycles. The molecule has 30 heavy (non-hydrogen) atoms. The van der Waals surface area contributed by atoms with Crippen LogP contribution in [0.2, 0.25) is 0 Å². The molecule has 1 N–H and O–H groups in total. The molecule has 1 aliphatic heterocycles. The monoisotopic (exact) mass is 470 g/mol. The Labute approximate surface area is 183 Å². The van der Waals surface area contributed by atoms with Crippen LogP contribution >= 0.6 is 15.9 Å². The summed E-state index contributed by atoms with van der Waals surface area (Å²) in [6, 6.07) is 15.6. The van der Waals surface area contributed by atoms with Crippen molar-refractivity contribution in [1.29, 1.82) is 0 Å². The number of amides is 1. The minimum atomic E-state index is -1.21. The molecular formula is C23H23BrN2O4. The van der Waals surface area contributed by atoms with Gasteiger partial charge in [-0.1, -0.05) is 67.0 Å². The third-order valence-electron chi connectivity index (χ3n) is 5.04. The van der Waals surface area contributed by atoms with E-state index in [4.69, 9.17) is 0 Å². The summed E-state index contributed by atoms with van der Waals surface area (Å²) in [6.07, 6.45) is -0.287. The molecule has 0 spiro atoms. The number of benzene rings is 2. The zero-order chi connectivity index (χ0) is 22.1. The van der Waals surface area contributed by atoms with E-state index in [0.717, 1.165) is 4.47 Å². The summed E-state index contributed by atoms with van der Waals surface area (Å²) in [5.41, 5.74) is 0.893. The number of rotatable bonds is 6. The number of carbonyl (C=O) groups is 3. The van der Waals surface area contributed by atoms with Crippen LogP contribution in [-0.2, 0) is 9.59 Å². The van der Waals surface area contributed by atoms with Gasteiger partial charge in [-0.2, -0.15) is 5.10 Å². The first kappa shape index (κ1) is 21.9. The molecule has 156 valence electrons. The number of Topliss-reactive ketones (excluding diaryl/α,β-unsaturated/α-hetero) is 1. The van der Waals surface area contributed by atoms with Crippen molar-refractivity contribution in [3.63, 3.8) is 0 Å². The number of halogens is 1. The maximum atomic E-state index is 13.3. The first-order valence-electron chi connectivity index (χ1n) is 9.59. The fraction of sp³-hybridized carbons (Fsp3) is 0.304. The highest BCUT2D eigenvalue weighted by Gasteiger charge is 2.48. The van der Waals surface area contributed by atoms with Gasteiger partial charge in [-0.25, -0.2) is 5.01 Å². The minimum Gasteiger partial charge on any atom is -0.481 e. The number of aliphatic carboxylic acids is 1. The molecule has 3 rings (SSSR count). The van der Waals surface area contributed by atoms with Crippen LogP contribution in [0, 0.1) is 17.3 Å².